The molecule has 1 fully saturated rings. The molecule has 0 radical (unpaired) electrons. The summed E-state index contributed by atoms with van der Waals surface area (Å²) in [6, 6.07) is 11.6. The Morgan fingerprint density at radius 2 is 1.73 bits per heavy atom. The lowest BCUT2D eigenvalue weighted by Gasteiger charge is -2.34. The first kappa shape index (κ1) is 18.6. The number of hydrogen-bond acceptors (Lipinski definition) is 4. The molecular formula is C18H17Cl2N3O3. The van der Waals surface area contributed by atoms with Crippen molar-refractivity contribution in [3.63, 3.8) is 0 Å². The molecule has 2 aromatic rings. The number of nitro groups is 1. The quantitative estimate of drug-likeness (QED) is 0.584. The van der Waals surface area contributed by atoms with Crippen molar-refractivity contribution in [1.29, 1.82) is 0 Å². The van der Waals surface area contributed by atoms with Crippen molar-refractivity contribution in [1.82, 2.24) is 9.80 Å². The number of halogens is 2. The van der Waals surface area contributed by atoms with Gasteiger partial charge in [0.15, 0.2) is 0 Å². The summed E-state index contributed by atoms with van der Waals surface area (Å²) < 4.78 is 0. The van der Waals surface area contributed by atoms with E-state index in [4.69, 9.17) is 23.2 Å². The average Bonchev–Trinajstić information content (AvgIpc) is 2.64. The molecule has 26 heavy (non-hydrogen) atoms. The Kier molecular flexibility index (Phi) is 5.76. The molecule has 6 nitrogen and oxygen atoms in total. The van der Waals surface area contributed by atoms with Gasteiger partial charge in [-0.1, -0.05) is 41.4 Å². The van der Waals surface area contributed by atoms with Crippen molar-refractivity contribution in [3.05, 3.63) is 73.8 Å². The van der Waals surface area contributed by atoms with Gasteiger partial charge in [0.1, 0.15) is 0 Å². The Bertz CT molecular complexity index is 836. The summed E-state index contributed by atoms with van der Waals surface area (Å²) in [5.74, 6) is -0.0890. The molecule has 0 bridgehead atoms. The van der Waals surface area contributed by atoms with Gasteiger partial charge in [0.25, 0.3) is 11.6 Å². The number of nitro benzene ring substituents is 1. The predicted octanol–water partition coefficient (Wildman–Crippen LogP) is 3.86. The number of carbonyl (C=O) groups excluding carboxylic acids is 1. The third-order valence-electron chi connectivity index (χ3n) is 4.41. The van der Waals surface area contributed by atoms with Crippen LogP contribution >= 0.6 is 23.2 Å². The van der Waals surface area contributed by atoms with Crippen LogP contribution in [0.1, 0.15) is 15.9 Å². The van der Waals surface area contributed by atoms with Gasteiger partial charge in [-0.25, -0.2) is 0 Å². The fourth-order valence-corrected chi connectivity index (χ4v) is 3.28. The van der Waals surface area contributed by atoms with Crippen molar-refractivity contribution in [2.45, 2.75) is 6.54 Å². The molecule has 0 atom stereocenters. The number of para-hydroxylation sites is 1. The number of benzene rings is 2. The van der Waals surface area contributed by atoms with Crippen LogP contribution in [0, 0.1) is 10.1 Å². The Morgan fingerprint density at radius 1 is 1.04 bits per heavy atom. The van der Waals surface area contributed by atoms with E-state index in [1.54, 1.807) is 41.3 Å². The van der Waals surface area contributed by atoms with Gasteiger partial charge in [-0.3, -0.25) is 19.8 Å². The molecule has 2 aromatic carbocycles. The Hall–Kier alpha value is -2.15. The zero-order chi connectivity index (χ0) is 18.7. The first-order chi connectivity index (χ1) is 12.5. The molecule has 1 aliphatic heterocycles. The molecule has 0 saturated carbocycles. The molecule has 1 heterocycles. The summed E-state index contributed by atoms with van der Waals surface area (Å²) in [7, 11) is 0. The molecule has 0 unspecified atom stereocenters. The van der Waals surface area contributed by atoms with Crippen molar-refractivity contribution in [3.8, 4) is 0 Å². The van der Waals surface area contributed by atoms with Gasteiger partial charge in [0, 0.05) is 49.9 Å². The molecule has 0 aliphatic carbocycles. The number of carbonyl (C=O) groups is 1. The molecule has 136 valence electrons. The van der Waals surface area contributed by atoms with Crippen molar-refractivity contribution in [2.75, 3.05) is 26.2 Å². The maximum atomic E-state index is 12.6. The van der Waals surface area contributed by atoms with Gasteiger partial charge in [-0.05, 0) is 18.2 Å². The van der Waals surface area contributed by atoms with Crippen molar-refractivity contribution in [2.24, 2.45) is 0 Å². The lowest BCUT2D eigenvalue weighted by atomic mass is 10.1. The molecule has 0 spiro atoms. The third kappa shape index (κ3) is 4.15. The van der Waals surface area contributed by atoms with E-state index in [1.165, 1.54) is 6.07 Å². The average molecular weight is 394 g/mol. The summed E-state index contributed by atoms with van der Waals surface area (Å²) in [6.45, 7) is 2.91. The van der Waals surface area contributed by atoms with Crippen LogP contribution < -0.4 is 0 Å². The lowest BCUT2D eigenvalue weighted by molar-refractivity contribution is -0.385. The van der Waals surface area contributed by atoms with Crippen LogP contribution in [-0.4, -0.2) is 46.8 Å². The molecule has 1 aliphatic rings. The van der Waals surface area contributed by atoms with Crippen LogP contribution in [0.15, 0.2) is 42.5 Å². The number of amides is 1. The Balaban J connectivity index is 1.61. The Morgan fingerprint density at radius 3 is 2.38 bits per heavy atom. The number of piperazine rings is 1. The number of nitrogens with zero attached hydrogens (tertiary/aromatic N) is 3. The van der Waals surface area contributed by atoms with Crippen LogP contribution in [-0.2, 0) is 6.54 Å². The molecule has 0 aromatic heterocycles. The fraction of sp³-hybridized carbons (Fsp3) is 0.278. The van der Waals surface area contributed by atoms with E-state index in [1.807, 2.05) is 0 Å². The van der Waals surface area contributed by atoms with Crippen molar-refractivity contribution < 1.29 is 9.72 Å². The molecule has 3 rings (SSSR count). The first-order valence-corrected chi connectivity index (χ1v) is 8.90. The fourth-order valence-electron chi connectivity index (χ4n) is 2.98. The van der Waals surface area contributed by atoms with Gasteiger partial charge in [0.2, 0.25) is 0 Å². The van der Waals surface area contributed by atoms with E-state index in [9.17, 15) is 14.9 Å². The lowest BCUT2D eigenvalue weighted by Crippen LogP contribution is -2.48. The second-order valence-corrected chi connectivity index (χ2v) is 6.90. The first-order valence-electron chi connectivity index (χ1n) is 8.14. The van der Waals surface area contributed by atoms with E-state index >= 15 is 0 Å². The second kappa shape index (κ2) is 8.03. The van der Waals surface area contributed by atoms with Gasteiger partial charge in [-0.2, -0.15) is 0 Å². The van der Waals surface area contributed by atoms with Gasteiger partial charge in [0.05, 0.1) is 15.0 Å². The highest BCUT2D eigenvalue weighted by Gasteiger charge is 2.24. The van der Waals surface area contributed by atoms with E-state index < -0.39 is 0 Å². The normalized spacial score (nSPS) is 15.1. The molecule has 1 saturated heterocycles. The SMILES string of the molecule is O=C(c1ccc(Cl)c(Cl)c1)N1CCN(Cc2ccccc2[N+](=O)[O-])CC1. The summed E-state index contributed by atoms with van der Waals surface area (Å²) in [4.78, 5) is 27.2. The largest absolute Gasteiger partial charge is 0.336 e. The molecule has 0 N–H and O–H groups in total. The zero-order valence-corrected chi connectivity index (χ0v) is 15.4. The maximum absolute atomic E-state index is 12.6. The number of hydrogen-bond donors (Lipinski definition) is 0. The summed E-state index contributed by atoms with van der Waals surface area (Å²) >= 11 is 11.9. The maximum Gasteiger partial charge on any atom is 0.273 e. The highest BCUT2D eigenvalue weighted by Crippen LogP contribution is 2.24. The highest BCUT2D eigenvalue weighted by molar-refractivity contribution is 6.42. The van der Waals surface area contributed by atoms with Crippen molar-refractivity contribution >= 4 is 34.8 Å². The van der Waals surface area contributed by atoms with Crippen LogP contribution in [0.5, 0.6) is 0 Å². The minimum Gasteiger partial charge on any atom is -0.336 e. The highest BCUT2D eigenvalue weighted by atomic mass is 35.5. The van der Waals surface area contributed by atoms with Gasteiger partial charge in [-0.15, -0.1) is 0 Å². The standard InChI is InChI=1S/C18H17Cl2N3O3/c19-15-6-5-13(11-16(15)20)18(24)22-9-7-21(8-10-22)12-14-3-1-2-4-17(14)23(25)26/h1-6,11H,7-10,12H2. The smallest absolute Gasteiger partial charge is 0.273 e. The molecule has 8 heteroatoms. The minimum absolute atomic E-state index is 0.0890. The summed E-state index contributed by atoms with van der Waals surface area (Å²) in [6.07, 6.45) is 0. The second-order valence-electron chi connectivity index (χ2n) is 6.08. The zero-order valence-electron chi connectivity index (χ0n) is 13.9. The molecular weight excluding hydrogens is 377 g/mol. The monoisotopic (exact) mass is 393 g/mol. The van der Waals surface area contributed by atoms with Gasteiger partial charge < -0.3 is 4.90 Å². The summed E-state index contributed by atoms with van der Waals surface area (Å²) in [5, 5.41) is 11.9. The third-order valence-corrected chi connectivity index (χ3v) is 5.15. The van der Waals surface area contributed by atoms with Crippen LogP contribution in [0.3, 0.4) is 0 Å². The number of rotatable bonds is 4. The van der Waals surface area contributed by atoms with E-state index in [2.05, 4.69) is 4.90 Å². The van der Waals surface area contributed by atoms with E-state index in [-0.39, 0.29) is 16.5 Å². The predicted molar refractivity (Wildman–Crippen MR) is 101 cm³/mol. The summed E-state index contributed by atoms with van der Waals surface area (Å²) in [5.41, 5.74) is 1.31. The van der Waals surface area contributed by atoms with Crippen LogP contribution in [0.2, 0.25) is 10.0 Å². The van der Waals surface area contributed by atoms with Crippen LogP contribution in [0.25, 0.3) is 0 Å². The Labute approximate surface area is 161 Å². The van der Waals surface area contributed by atoms with Gasteiger partial charge >= 0.3 is 0 Å². The van der Waals surface area contributed by atoms with Crippen LogP contribution in [0.4, 0.5) is 5.69 Å². The topological polar surface area (TPSA) is 66.7 Å². The van der Waals surface area contributed by atoms with E-state index in [0.29, 0.717) is 53.9 Å². The van der Waals surface area contributed by atoms with E-state index in [0.717, 1.165) is 0 Å². The molecule has 1 amide bonds. The minimum atomic E-state index is -0.362.